The summed E-state index contributed by atoms with van der Waals surface area (Å²) in [7, 11) is 0. The molecule has 0 radical (unpaired) electrons. The van der Waals surface area contributed by atoms with Crippen LogP contribution >= 0.6 is 11.6 Å². The van der Waals surface area contributed by atoms with Gasteiger partial charge >= 0.3 is 35.5 Å². The third kappa shape index (κ3) is 8.69. The summed E-state index contributed by atoms with van der Waals surface area (Å²) in [6, 6.07) is 8.17. The first-order valence-corrected chi connectivity index (χ1v) is 11.7. The molecule has 0 aliphatic heterocycles. The van der Waals surface area contributed by atoms with Crippen molar-refractivity contribution in [3.8, 4) is 17.2 Å². The van der Waals surface area contributed by atoms with Crippen LogP contribution in [-0.2, 0) is 11.2 Å². The molecule has 188 valence electrons. The molecule has 2 aromatic carbocycles. The minimum atomic E-state index is -0.994. The zero-order chi connectivity index (χ0) is 25.5. The van der Waals surface area contributed by atoms with Crippen LogP contribution in [-0.4, -0.2) is 69.8 Å². The number of phenolic OH excluding ortho intramolecular Hbond substituents is 1. The van der Waals surface area contributed by atoms with E-state index in [9.17, 15) is 19.8 Å². The second-order valence-corrected chi connectivity index (χ2v) is 9.35. The number of hydrogen-bond donors (Lipinski definition) is 3. The predicted octanol–water partition coefficient (Wildman–Crippen LogP) is 4.93. The molecule has 0 saturated heterocycles. The van der Waals surface area contributed by atoms with Gasteiger partial charge < -0.3 is 24.8 Å². The Balaban J connectivity index is 0.00000612. The van der Waals surface area contributed by atoms with Crippen molar-refractivity contribution in [2.24, 2.45) is 5.41 Å². The van der Waals surface area contributed by atoms with E-state index in [-0.39, 0.29) is 53.1 Å². The normalized spacial score (nSPS) is 11.9. The first kappa shape index (κ1) is 31.3. The number of ether oxygens (including phenoxy) is 2. The van der Waals surface area contributed by atoms with Gasteiger partial charge in [-0.05, 0) is 43.2 Å². The van der Waals surface area contributed by atoms with Crippen LogP contribution in [0.3, 0.4) is 0 Å². The van der Waals surface area contributed by atoms with Crippen LogP contribution in [0.2, 0.25) is 5.02 Å². The summed E-state index contributed by atoms with van der Waals surface area (Å²) in [5, 5.41) is 30.4. The molecule has 0 aliphatic rings. The maximum absolute atomic E-state index is 11.7. The third-order valence-electron chi connectivity index (χ3n) is 5.54. The van der Waals surface area contributed by atoms with Crippen LogP contribution in [0.25, 0.3) is 0 Å². The van der Waals surface area contributed by atoms with Gasteiger partial charge in [0, 0.05) is 17.4 Å². The van der Waals surface area contributed by atoms with E-state index in [4.69, 9.17) is 26.2 Å². The zero-order valence-corrected chi connectivity index (χ0v) is 20.8. The molecular weight excluding hydrogens is 483 g/mol. The van der Waals surface area contributed by atoms with Crippen LogP contribution in [0.15, 0.2) is 30.3 Å². The van der Waals surface area contributed by atoms with E-state index >= 15 is 0 Å². The molecule has 1 atom stereocenters. The number of Topliss-reactive ketones (excluding diaryl/α,β-unsaturated/α-hetero) is 1. The molecule has 0 aromatic heterocycles. The second kappa shape index (κ2) is 14.1. The van der Waals surface area contributed by atoms with Crippen molar-refractivity contribution in [3.05, 3.63) is 52.0 Å². The summed E-state index contributed by atoms with van der Waals surface area (Å²) >= 11 is 6.31. The number of hydrogen-bond acceptors (Lipinski definition) is 6. The van der Waals surface area contributed by atoms with E-state index in [1.54, 1.807) is 44.2 Å². The fourth-order valence-corrected chi connectivity index (χ4v) is 3.94. The molecule has 0 saturated carbocycles. The molecule has 7 nitrogen and oxygen atoms in total. The Morgan fingerprint density at radius 3 is 2.23 bits per heavy atom. The molecule has 2 aromatic rings. The molecule has 1 unspecified atom stereocenters. The quantitative estimate of drug-likeness (QED) is 0.196. The van der Waals surface area contributed by atoms with Crippen molar-refractivity contribution in [1.82, 2.24) is 0 Å². The Labute approximate surface area is 233 Å². The third-order valence-corrected chi connectivity index (χ3v) is 5.84. The van der Waals surface area contributed by atoms with Crippen molar-refractivity contribution in [2.75, 3.05) is 13.2 Å². The van der Waals surface area contributed by atoms with Crippen LogP contribution in [0.4, 0.5) is 0 Å². The first-order chi connectivity index (χ1) is 16.0. The van der Waals surface area contributed by atoms with Gasteiger partial charge in [0.15, 0.2) is 5.78 Å². The van der Waals surface area contributed by atoms with Crippen molar-refractivity contribution < 1.29 is 34.4 Å². The zero-order valence-electron chi connectivity index (χ0n) is 20.1. The summed E-state index contributed by atoms with van der Waals surface area (Å²) in [6.07, 6.45) is 0.763. The van der Waals surface area contributed by atoms with Crippen LogP contribution < -0.4 is 9.47 Å². The second-order valence-electron chi connectivity index (χ2n) is 8.95. The van der Waals surface area contributed by atoms with Gasteiger partial charge in [-0.25, -0.2) is 0 Å². The molecule has 2 rings (SSSR count). The average Bonchev–Trinajstić information content (AvgIpc) is 2.75. The van der Waals surface area contributed by atoms with Crippen molar-refractivity contribution >= 4 is 52.9 Å². The number of benzene rings is 2. The van der Waals surface area contributed by atoms with Gasteiger partial charge in [-0.15, -0.1) is 0 Å². The number of aromatic hydroxyl groups is 1. The number of phenols is 1. The summed E-state index contributed by atoms with van der Waals surface area (Å²) in [5.74, 6) is -0.211. The van der Waals surface area contributed by atoms with Gasteiger partial charge in [-0.1, -0.05) is 44.9 Å². The van der Waals surface area contributed by atoms with E-state index < -0.39 is 17.5 Å². The Morgan fingerprint density at radius 2 is 1.69 bits per heavy atom. The number of aliphatic hydroxyl groups excluding tert-OH is 1. The van der Waals surface area contributed by atoms with Gasteiger partial charge in [0.2, 0.25) is 0 Å². The average molecular weight is 517 g/mol. The van der Waals surface area contributed by atoms with Gasteiger partial charge in [-0.3, -0.25) is 9.59 Å². The van der Waals surface area contributed by atoms with Gasteiger partial charge in [0.05, 0.1) is 36.3 Å². The number of rotatable bonds is 13. The molecule has 0 bridgehead atoms. The Bertz CT molecular complexity index is 1020. The molecule has 35 heavy (non-hydrogen) atoms. The van der Waals surface area contributed by atoms with Crippen molar-refractivity contribution in [1.29, 1.82) is 0 Å². The summed E-state index contributed by atoms with van der Waals surface area (Å²) in [5.41, 5.74) is 0.569. The first-order valence-electron chi connectivity index (χ1n) is 11.3. The molecular formula is C26H34ClNaO7. The number of ketones is 1. The SMILES string of the molecule is CCCc1c(OCCCOc2ccc(C(O)C(C)(C)CC(=O)O)cc2Cl)ccc(C(C)=O)c1O.[NaH]. The number of carbonyl (C=O) groups excluding carboxylic acids is 1. The van der Waals surface area contributed by atoms with Gasteiger partial charge in [0.25, 0.3) is 0 Å². The van der Waals surface area contributed by atoms with Crippen molar-refractivity contribution in [2.45, 2.75) is 59.5 Å². The number of aliphatic carboxylic acids is 1. The fourth-order valence-electron chi connectivity index (χ4n) is 3.69. The molecule has 3 N–H and O–H groups in total. The number of carboxylic acid groups (broad SMARTS) is 1. The van der Waals surface area contributed by atoms with E-state index in [0.717, 1.165) is 6.42 Å². The molecule has 0 fully saturated rings. The number of aliphatic hydroxyl groups is 1. The van der Waals surface area contributed by atoms with E-state index in [2.05, 4.69) is 0 Å². The van der Waals surface area contributed by atoms with Crippen LogP contribution in [0.5, 0.6) is 17.2 Å². The monoisotopic (exact) mass is 516 g/mol. The standard InChI is InChI=1S/C26H33ClO7.Na.H/c1-5-7-19-21(11-9-18(16(2)28)24(19)31)33-12-6-13-34-22-10-8-17(14-20(22)27)25(32)26(3,4)15-23(29)30;;/h8-11,14,25,31-32H,5-7,12-13,15H2,1-4H3,(H,29,30);;. The van der Waals surface area contributed by atoms with Gasteiger partial charge in [0.1, 0.15) is 17.2 Å². The summed E-state index contributed by atoms with van der Waals surface area (Å²) in [4.78, 5) is 22.7. The summed E-state index contributed by atoms with van der Waals surface area (Å²) in [6.45, 7) is 7.43. The van der Waals surface area contributed by atoms with E-state index in [0.29, 0.717) is 53.7 Å². The molecule has 0 amide bonds. The molecule has 0 aliphatic carbocycles. The topological polar surface area (TPSA) is 113 Å². The fraction of sp³-hybridized carbons (Fsp3) is 0.462. The van der Waals surface area contributed by atoms with E-state index in [1.165, 1.54) is 6.92 Å². The minimum absolute atomic E-state index is 0. The maximum atomic E-state index is 11.7. The Kier molecular flexibility index (Phi) is 12.6. The molecule has 0 heterocycles. The number of halogens is 1. The number of carbonyl (C=O) groups is 2. The summed E-state index contributed by atoms with van der Waals surface area (Å²) < 4.78 is 11.6. The predicted molar refractivity (Wildman–Crippen MR) is 137 cm³/mol. The van der Waals surface area contributed by atoms with Crippen LogP contribution in [0, 0.1) is 5.41 Å². The van der Waals surface area contributed by atoms with Gasteiger partial charge in [-0.2, -0.15) is 0 Å². The van der Waals surface area contributed by atoms with Crippen molar-refractivity contribution in [3.63, 3.8) is 0 Å². The molecule has 9 heteroatoms. The van der Waals surface area contributed by atoms with E-state index in [1.807, 2.05) is 6.92 Å². The Hall–Kier alpha value is -1.77. The number of carboxylic acids is 1. The Morgan fingerprint density at radius 1 is 1.09 bits per heavy atom. The van der Waals surface area contributed by atoms with Crippen LogP contribution in [0.1, 0.15) is 74.5 Å². The molecule has 0 spiro atoms.